The fourth-order valence-corrected chi connectivity index (χ4v) is 7.88. The molecule has 3 N–H and O–H groups in total. The number of hydrogen-bond acceptors (Lipinski definition) is 11. The molecule has 2 bridgehead atoms. The van der Waals surface area contributed by atoms with Gasteiger partial charge in [-0.25, -0.2) is 4.79 Å². The number of Topliss-reactive ketones (excluding diaryl/α,β-unsaturated/α-hetero) is 1. The minimum Gasteiger partial charge on any atom is -0.457 e. The number of nitrogens with zero attached hydrogens (tertiary/aromatic N) is 1. The fraction of sp³-hybridized carbons (Fsp3) is 0.848. The Labute approximate surface area is 267 Å². The first-order valence-electron chi connectivity index (χ1n) is 16.4. The Morgan fingerprint density at radius 3 is 2.47 bits per heavy atom. The van der Waals surface area contributed by atoms with E-state index in [1.807, 2.05) is 39.8 Å². The van der Waals surface area contributed by atoms with Gasteiger partial charge in [-0.1, -0.05) is 26.8 Å². The van der Waals surface area contributed by atoms with Gasteiger partial charge in [0.1, 0.15) is 17.6 Å². The van der Waals surface area contributed by atoms with Crippen LogP contribution < -0.4 is 10.6 Å². The number of nitrogens with one attached hydrogen (secondary N) is 2. The number of hydrogen-bond donors (Lipinski definition) is 3. The Kier molecular flexibility index (Phi) is 10.8. The van der Waals surface area contributed by atoms with E-state index in [-0.39, 0.29) is 42.9 Å². The van der Waals surface area contributed by atoms with Crippen LogP contribution in [0.4, 0.5) is 4.79 Å². The largest absolute Gasteiger partial charge is 0.457 e. The van der Waals surface area contributed by atoms with Crippen molar-refractivity contribution in [1.29, 1.82) is 0 Å². The van der Waals surface area contributed by atoms with E-state index in [0.717, 1.165) is 0 Å². The molecule has 5 heterocycles. The lowest BCUT2D eigenvalue weighted by atomic mass is 9.70. The number of ketones is 1. The van der Waals surface area contributed by atoms with Crippen molar-refractivity contribution in [2.45, 2.75) is 134 Å². The summed E-state index contributed by atoms with van der Waals surface area (Å²) in [5, 5.41) is 17.8. The number of esters is 1. The van der Waals surface area contributed by atoms with Crippen molar-refractivity contribution >= 4 is 17.8 Å². The van der Waals surface area contributed by atoms with Crippen LogP contribution in [0.3, 0.4) is 0 Å². The van der Waals surface area contributed by atoms with Crippen LogP contribution in [0, 0.1) is 17.3 Å². The summed E-state index contributed by atoms with van der Waals surface area (Å²) in [7, 11) is 3.78. The second-order valence-electron chi connectivity index (χ2n) is 14.5. The van der Waals surface area contributed by atoms with Crippen molar-refractivity contribution in [2.24, 2.45) is 17.3 Å². The molecule has 12 heteroatoms. The molecule has 5 aliphatic rings. The number of aliphatic hydroxyl groups excluding tert-OH is 1. The van der Waals surface area contributed by atoms with Crippen LogP contribution in [-0.2, 0) is 33.3 Å². The second kappa shape index (κ2) is 13.6. The van der Waals surface area contributed by atoms with E-state index in [0.29, 0.717) is 25.8 Å². The molecule has 12 nitrogen and oxygen atoms in total. The SMILES string of the molecule is C=CC1CC(N(C)C)C(O)[C@H](O[C@@H]2[C@@H](C)C(=O)[C@]3(C)CCO[C@@]2(C)C[C@@H](C)CN[C@H](C)[C@H]2NC(=O)O[C@]2(C)[C@@H](CC)OC3=O)O1. The Bertz CT molecular complexity index is 1120. The highest BCUT2D eigenvalue weighted by molar-refractivity contribution is 6.04. The van der Waals surface area contributed by atoms with Gasteiger partial charge in [-0.3, -0.25) is 9.59 Å². The molecule has 0 radical (unpaired) electrons. The van der Waals surface area contributed by atoms with Crippen LogP contribution in [0.25, 0.3) is 0 Å². The molecule has 5 saturated heterocycles. The third-order valence-corrected chi connectivity index (χ3v) is 10.7. The van der Waals surface area contributed by atoms with Gasteiger partial charge in [-0.2, -0.15) is 0 Å². The highest BCUT2D eigenvalue weighted by atomic mass is 16.7. The maximum absolute atomic E-state index is 14.5. The van der Waals surface area contributed by atoms with Gasteiger partial charge in [0.25, 0.3) is 0 Å². The third-order valence-electron chi connectivity index (χ3n) is 10.7. The van der Waals surface area contributed by atoms with Crippen LogP contribution in [0.5, 0.6) is 0 Å². The summed E-state index contributed by atoms with van der Waals surface area (Å²) in [6.45, 7) is 17.5. The topological polar surface area (TPSA) is 145 Å². The number of carbonyl (C=O) groups is 3. The average Bonchev–Trinajstić information content (AvgIpc) is 3.30. The molecule has 3 unspecified atom stereocenters. The molecular formula is C33H55N3O9. The van der Waals surface area contributed by atoms with E-state index in [1.54, 1.807) is 26.8 Å². The lowest BCUT2D eigenvalue weighted by Gasteiger charge is -2.49. The lowest BCUT2D eigenvalue weighted by Crippen LogP contribution is -2.61. The van der Waals surface area contributed by atoms with Gasteiger partial charge in [0.05, 0.1) is 23.9 Å². The Hall–Kier alpha value is -2.09. The number of alkyl carbamates (subject to hydrolysis) is 1. The average molecular weight is 638 g/mol. The molecule has 256 valence electrons. The van der Waals surface area contributed by atoms with Crippen molar-refractivity contribution in [3.63, 3.8) is 0 Å². The summed E-state index contributed by atoms with van der Waals surface area (Å²) in [6.07, 6.45) is -1.46. The predicted octanol–water partition coefficient (Wildman–Crippen LogP) is 2.56. The Morgan fingerprint density at radius 1 is 1.16 bits per heavy atom. The molecule has 5 aliphatic heterocycles. The molecule has 0 aromatic carbocycles. The first-order chi connectivity index (χ1) is 21.0. The number of amides is 1. The van der Waals surface area contributed by atoms with Crippen LogP contribution in [0.1, 0.15) is 74.1 Å². The van der Waals surface area contributed by atoms with E-state index >= 15 is 0 Å². The number of rotatable bonds is 5. The normalized spacial score (nSPS) is 46.7. The van der Waals surface area contributed by atoms with E-state index < -0.39 is 65.2 Å². The lowest BCUT2D eigenvalue weighted by molar-refractivity contribution is -0.296. The quantitative estimate of drug-likeness (QED) is 0.232. The Balaban J connectivity index is 1.76. The summed E-state index contributed by atoms with van der Waals surface area (Å²) in [5.74, 6) is -1.83. The smallest absolute Gasteiger partial charge is 0.408 e. The summed E-state index contributed by atoms with van der Waals surface area (Å²) in [6, 6.07) is -0.987. The molecule has 13 atom stereocenters. The van der Waals surface area contributed by atoms with Crippen molar-refractivity contribution < 1.29 is 43.2 Å². The number of ether oxygens (including phenoxy) is 5. The number of fused-ring (bicyclic) bond motifs is 10. The molecule has 0 aromatic rings. The summed E-state index contributed by atoms with van der Waals surface area (Å²) in [5.41, 5.74) is -3.70. The van der Waals surface area contributed by atoms with E-state index in [4.69, 9.17) is 23.7 Å². The van der Waals surface area contributed by atoms with Gasteiger partial charge in [0.15, 0.2) is 17.7 Å². The molecule has 5 fully saturated rings. The summed E-state index contributed by atoms with van der Waals surface area (Å²) < 4.78 is 31.4. The zero-order valence-electron chi connectivity index (χ0n) is 28.5. The molecule has 0 aromatic heterocycles. The minimum atomic E-state index is -1.56. The minimum absolute atomic E-state index is 0.0403. The monoisotopic (exact) mass is 637 g/mol. The van der Waals surface area contributed by atoms with Crippen LogP contribution in [0.15, 0.2) is 12.7 Å². The van der Waals surface area contributed by atoms with Gasteiger partial charge in [-0.05, 0) is 79.9 Å². The fourth-order valence-electron chi connectivity index (χ4n) is 7.88. The first kappa shape index (κ1) is 35.8. The van der Waals surface area contributed by atoms with E-state index in [1.165, 1.54) is 0 Å². The van der Waals surface area contributed by atoms with Crippen LogP contribution >= 0.6 is 0 Å². The van der Waals surface area contributed by atoms with Gasteiger partial charge in [0.2, 0.25) is 0 Å². The molecule has 0 aliphatic carbocycles. The van der Waals surface area contributed by atoms with Gasteiger partial charge in [0, 0.05) is 24.6 Å². The van der Waals surface area contributed by atoms with E-state index in [2.05, 4.69) is 24.1 Å². The van der Waals surface area contributed by atoms with Crippen LogP contribution in [-0.4, -0.2) is 115 Å². The third kappa shape index (κ3) is 6.82. The molecule has 0 saturated carbocycles. The zero-order valence-corrected chi connectivity index (χ0v) is 28.5. The molecule has 0 spiro atoms. The molecular weight excluding hydrogens is 582 g/mol. The Morgan fingerprint density at radius 2 is 1.84 bits per heavy atom. The van der Waals surface area contributed by atoms with Crippen LogP contribution in [0.2, 0.25) is 0 Å². The van der Waals surface area contributed by atoms with Gasteiger partial charge >= 0.3 is 12.1 Å². The second-order valence-corrected chi connectivity index (χ2v) is 14.5. The highest BCUT2D eigenvalue weighted by Crippen LogP contribution is 2.43. The van der Waals surface area contributed by atoms with E-state index in [9.17, 15) is 19.5 Å². The maximum atomic E-state index is 14.5. The molecule has 5 rings (SSSR count). The maximum Gasteiger partial charge on any atom is 0.408 e. The first-order valence-corrected chi connectivity index (χ1v) is 16.4. The number of carbonyl (C=O) groups excluding carboxylic acids is 3. The zero-order chi connectivity index (χ0) is 33.5. The van der Waals surface area contributed by atoms with Gasteiger partial charge in [-0.15, -0.1) is 6.58 Å². The highest BCUT2D eigenvalue weighted by Gasteiger charge is 2.58. The summed E-state index contributed by atoms with van der Waals surface area (Å²) in [4.78, 5) is 43.0. The number of aliphatic hydroxyl groups is 1. The van der Waals surface area contributed by atoms with Gasteiger partial charge < -0.3 is 44.3 Å². The summed E-state index contributed by atoms with van der Waals surface area (Å²) >= 11 is 0. The predicted molar refractivity (Wildman–Crippen MR) is 166 cm³/mol. The van der Waals surface area contributed by atoms with Crippen molar-refractivity contribution in [3.05, 3.63) is 12.7 Å². The number of likely N-dealkylation sites (N-methyl/N-ethyl adjacent to an activating group) is 1. The molecule has 45 heavy (non-hydrogen) atoms. The molecule has 1 amide bonds. The standard InChI is InChI=1S/C33H55N3O9/c1-11-21-15-22(36(9)10)24(37)28(42-21)44-27-19(4)26(38)31(6)13-14-41-32(27,7)16-18(3)17-34-20(5)25-33(8,45-30(40)35-25)23(12-2)43-29(31)39/h11,18-25,27-28,34,37H,1,12-17H2,2-10H3,(H,35,40)/t18-,19+,20-,21?,22?,23-,24?,25-,27-,28+,31+,32+,33-/m1/s1. The van der Waals surface area contributed by atoms with Crippen molar-refractivity contribution in [2.75, 3.05) is 27.2 Å². The van der Waals surface area contributed by atoms with Crippen molar-refractivity contribution in [1.82, 2.24) is 15.5 Å². The van der Waals surface area contributed by atoms with Crippen molar-refractivity contribution in [3.8, 4) is 0 Å².